The molecule has 6 nitrogen and oxygen atoms in total. The van der Waals surface area contributed by atoms with Crippen molar-refractivity contribution in [3.05, 3.63) is 64.7 Å². The van der Waals surface area contributed by atoms with E-state index in [1.54, 1.807) is 30.3 Å². The first-order valence-electron chi connectivity index (χ1n) is 8.85. The number of hydrogen-bond donors (Lipinski definition) is 2. The van der Waals surface area contributed by atoms with Gasteiger partial charge in [-0.15, -0.1) is 0 Å². The summed E-state index contributed by atoms with van der Waals surface area (Å²) in [5.41, 5.74) is 2.28. The standard InChI is InChI=1S/C21H23ClN2O4/c1-13-6-4-5-7-18(13)24-21(27)14(2)28-20(26)12-19(23-15(3)25)16-8-10-17(22)11-9-16/h4-11,14,19H,12H2,1-3H3,(H,23,25)(H,24,27). The van der Waals surface area contributed by atoms with Gasteiger partial charge < -0.3 is 15.4 Å². The molecule has 0 spiro atoms. The van der Waals surface area contributed by atoms with E-state index in [4.69, 9.17) is 16.3 Å². The number of esters is 1. The topological polar surface area (TPSA) is 84.5 Å². The summed E-state index contributed by atoms with van der Waals surface area (Å²) in [7, 11) is 0. The smallest absolute Gasteiger partial charge is 0.309 e. The van der Waals surface area contributed by atoms with E-state index in [9.17, 15) is 14.4 Å². The van der Waals surface area contributed by atoms with Gasteiger partial charge in [0.2, 0.25) is 5.91 Å². The van der Waals surface area contributed by atoms with Crippen molar-refractivity contribution in [2.24, 2.45) is 0 Å². The van der Waals surface area contributed by atoms with Crippen molar-refractivity contribution in [3.63, 3.8) is 0 Å². The molecule has 0 fully saturated rings. The number of rotatable bonds is 7. The minimum Gasteiger partial charge on any atom is -0.452 e. The lowest BCUT2D eigenvalue weighted by Gasteiger charge is -2.19. The van der Waals surface area contributed by atoms with Crippen LogP contribution in [0.1, 0.15) is 37.4 Å². The van der Waals surface area contributed by atoms with Crippen LogP contribution in [-0.2, 0) is 19.1 Å². The van der Waals surface area contributed by atoms with E-state index in [2.05, 4.69) is 10.6 Å². The molecule has 0 aromatic heterocycles. The molecule has 2 amide bonds. The van der Waals surface area contributed by atoms with Crippen molar-refractivity contribution in [2.45, 2.75) is 39.3 Å². The third-order valence-electron chi connectivity index (χ3n) is 4.10. The Kier molecular flexibility index (Phi) is 7.58. The van der Waals surface area contributed by atoms with Gasteiger partial charge in [0, 0.05) is 17.6 Å². The molecule has 0 aliphatic rings. The Morgan fingerprint density at radius 2 is 1.71 bits per heavy atom. The number of benzene rings is 2. The highest BCUT2D eigenvalue weighted by atomic mass is 35.5. The van der Waals surface area contributed by atoms with Gasteiger partial charge in [-0.3, -0.25) is 14.4 Å². The molecule has 2 aromatic rings. The van der Waals surface area contributed by atoms with Crippen LogP contribution in [0.25, 0.3) is 0 Å². The first-order chi connectivity index (χ1) is 13.3. The van der Waals surface area contributed by atoms with Crippen molar-refractivity contribution in [3.8, 4) is 0 Å². The third-order valence-corrected chi connectivity index (χ3v) is 4.35. The fraction of sp³-hybridized carbons (Fsp3) is 0.286. The zero-order valence-electron chi connectivity index (χ0n) is 16.0. The molecule has 0 radical (unpaired) electrons. The predicted octanol–water partition coefficient (Wildman–Crippen LogP) is 3.79. The number of para-hydroxylation sites is 1. The van der Waals surface area contributed by atoms with Gasteiger partial charge in [0.25, 0.3) is 5.91 Å². The maximum atomic E-state index is 12.3. The van der Waals surface area contributed by atoms with Crippen LogP contribution >= 0.6 is 11.6 Å². The van der Waals surface area contributed by atoms with Crippen LogP contribution in [0.15, 0.2) is 48.5 Å². The summed E-state index contributed by atoms with van der Waals surface area (Å²) in [5, 5.41) is 6.00. The molecule has 0 saturated heterocycles. The molecule has 2 rings (SSSR count). The quantitative estimate of drug-likeness (QED) is 0.690. The van der Waals surface area contributed by atoms with Crippen LogP contribution in [0, 0.1) is 6.92 Å². The van der Waals surface area contributed by atoms with Crippen molar-refractivity contribution in [1.82, 2.24) is 5.32 Å². The number of aryl methyl sites for hydroxylation is 1. The molecular formula is C21H23ClN2O4. The Hall–Kier alpha value is -2.86. The Morgan fingerprint density at radius 1 is 1.07 bits per heavy atom. The highest BCUT2D eigenvalue weighted by Gasteiger charge is 2.23. The summed E-state index contributed by atoms with van der Waals surface area (Å²) in [5.74, 6) is -1.30. The fourth-order valence-electron chi connectivity index (χ4n) is 2.61. The predicted molar refractivity (Wildman–Crippen MR) is 108 cm³/mol. The molecule has 2 unspecified atom stereocenters. The van der Waals surface area contributed by atoms with Gasteiger partial charge in [0.1, 0.15) is 0 Å². The summed E-state index contributed by atoms with van der Waals surface area (Å²) >= 11 is 5.89. The van der Waals surface area contributed by atoms with E-state index in [1.165, 1.54) is 13.8 Å². The molecule has 0 aliphatic carbocycles. The van der Waals surface area contributed by atoms with E-state index in [0.29, 0.717) is 16.3 Å². The number of amides is 2. The second-order valence-corrected chi connectivity index (χ2v) is 6.88. The summed E-state index contributed by atoms with van der Waals surface area (Å²) in [6.07, 6.45) is -1.08. The molecule has 7 heteroatoms. The van der Waals surface area contributed by atoms with Gasteiger partial charge in [0.05, 0.1) is 12.5 Å². The number of carbonyl (C=O) groups is 3. The van der Waals surface area contributed by atoms with Crippen LogP contribution in [0.4, 0.5) is 5.69 Å². The molecule has 0 saturated carbocycles. The van der Waals surface area contributed by atoms with E-state index in [0.717, 1.165) is 5.56 Å². The summed E-state index contributed by atoms with van der Waals surface area (Å²) in [6.45, 7) is 4.74. The summed E-state index contributed by atoms with van der Waals surface area (Å²) in [4.78, 5) is 36.1. The highest BCUT2D eigenvalue weighted by Crippen LogP contribution is 2.21. The van der Waals surface area contributed by atoms with Crippen molar-refractivity contribution >= 4 is 35.1 Å². The maximum absolute atomic E-state index is 12.3. The lowest BCUT2D eigenvalue weighted by molar-refractivity contribution is -0.153. The normalized spacial score (nSPS) is 12.6. The van der Waals surface area contributed by atoms with Crippen LogP contribution in [0.5, 0.6) is 0 Å². The maximum Gasteiger partial charge on any atom is 0.309 e. The van der Waals surface area contributed by atoms with Gasteiger partial charge in [-0.1, -0.05) is 41.9 Å². The zero-order valence-corrected chi connectivity index (χ0v) is 16.7. The zero-order chi connectivity index (χ0) is 20.7. The molecule has 0 heterocycles. The Labute approximate surface area is 169 Å². The molecule has 2 N–H and O–H groups in total. The van der Waals surface area contributed by atoms with Gasteiger partial charge in [-0.25, -0.2) is 0 Å². The molecule has 2 atom stereocenters. The van der Waals surface area contributed by atoms with Gasteiger partial charge in [0.15, 0.2) is 6.10 Å². The Balaban J connectivity index is 1.99. The minimum atomic E-state index is -0.977. The number of nitrogens with one attached hydrogen (secondary N) is 2. The second-order valence-electron chi connectivity index (χ2n) is 6.45. The van der Waals surface area contributed by atoms with Crippen LogP contribution < -0.4 is 10.6 Å². The average molecular weight is 403 g/mol. The molecular weight excluding hydrogens is 380 g/mol. The summed E-state index contributed by atoms with van der Waals surface area (Å²) < 4.78 is 5.25. The Bertz CT molecular complexity index is 852. The molecule has 0 bridgehead atoms. The lowest BCUT2D eigenvalue weighted by atomic mass is 10.0. The lowest BCUT2D eigenvalue weighted by Crippen LogP contribution is -2.33. The molecule has 2 aromatic carbocycles. The van der Waals surface area contributed by atoms with Crippen LogP contribution in [0.2, 0.25) is 5.02 Å². The molecule has 0 aliphatic heterocycles. The van der Waals surface area contributed by atoms with Gasteiger partial charge in [-0.05, 0) is 43.2 Å². The largest absolute Gasteiger partial charge is 0.452 e. The highest BCUT2D eigenvalue weighted by molar-refractivity contribution is 6.30. The molecule has 148 valence electrons. The van der Waals surface area contributed by atoms with E-state index < -0.39 is 24.0 Å². The Morgan fingerprint density at radius 3 is 2.32 bits per heavy atom. The van der Waals surface area contributed by atoms with Gasteiger partial charge >= 0.3 is 5.97 Å². The van der Waals surface area contributed by atoms with E-state index in [-0.39, 0.29) is 12.3 Å². The van der Waals surface area contributed by atoms with E-state index >= 15 is 0 Å². The van der Waals surface area contributed by atoms with Crippen LogP contribution in [-0.4, -0.2) is 23.9 Å². The van der Waals surface area contributed by atoms with E-state index in [1.807, 2.05) is 25.1 Å². The van der Waals surface area contributed by atoms with Gasteiger partial charge in [-0.2, -0.15) is 0 Å². The monoisotopic (exact) mass is 402 g/mol. The van der Waals surface area contributed by atoms with Crippen molar-refractivity contribution < 1.29 is 19.1 Å². The average Bonchev–Trinajstić information content (AvgIpc) is 2.63. The number of halogens is 1. The van der Waals surface area contributed by atoms with Crippen LogP contribution in [0.3, 0.4) is 0 Å². The first kappa shape index (κ1) is 21.4. The SMILES string of the molecule is CC(=O)NC(CC(=O)OC(C)C(=O)Nc1ccccc1C)c1ccc(Cl)cc1. The number of carbonyl (C=O) groups excluding carboxylic acids is 3. The fourth-order valence-corrected chi connectivity index (χ4v) is 2.73. The molecule has 28 heavy (non-hydrogen) atoms. The van der Waals surface area contributed by atoms with Crippen molar-refractivity contribution in [2.75, 3.05) is 5.32 Å². The third kappa shape index (κ3) is 6.39. The number of ether oxygens (including phenoxy) is 1. The second kappa shape index (κ2) is 9.90. The first-order valence-corrected chi connectivity index (χ1v) is 9.22. The summed E-state index contributed by atoms with van der Waals surface area (Å²) in [6, 6.07) is 13.6. The minimum absolute atomic E-state index is 0.108. The number of hydrogen-bond acceptors (Lipinski definition) is 4. The van der Waals surface area contributed by atoms with Crippen molar-refractivity contribution in [1.29, 1.82) is 0 Å². The number of anilines is 1.